The highest BCUT2D eigenvalue weighted by Crippen LogP contribution is 2.18. The normalized spacial score (nSPS) is 17.8. The molecule has 1 aromatic carbocycles. The van der Waals surface area contributed by atoms with Gasteiger partial charge in [-0.05, 0) is 5.56 Å². The number of aromatic nitrogens is 2. The average Bonchev–Trinajstić information content (AvgIpc) is 3.07. The van der Waals surface area contributed by atoms with E-state index in [0.717, 1.165) is 5.56 Å². The van der Waals surface area contributed by atoms with Crippen LogP contribution in [-0.4, -0.2) is 40.1 Å². The minimum Gasteiger partial charge on any atom is -0.345 e. The molecule has 1 saturated heterocycles. The molecule has 1 fully saturated rings. The molecule has 6 heteroatoms. The number of likely N-dealkylation sites (tertiary alicyclic amines) is 1. The summed E-state index contributed by atoms with van der Waals surface area (Å²) in [4.78, 5) is 25.2. The van der Waals surface area contributed by atoms with E-state index >= 15 is 0 Å². The molecule has 2 aromatic rings. The van der Waals surface area contributed by atoms with E-state index in [1.165, 1.54) is 0 Å². The maximum atomic E-state index is 12.1. The number of rotatable bonds is 4. The molecule has 2 amide bonds. The Morgan fingerprint density at radius 3 is 2.82 bits per heavy atom. The van der Waals surface area contributed by atoms with Crippen molar-refractivity contribution in [2.75, 3.05) is 18.9 Å². The van der Waals surface area contributed by atoms with Crippen LogP contribution in [0.2, 0.25) is 0 Å². The monoisotopic (exact) mass is 298 g/mol. The third kappa shape index (κ3) is 3.16. The van der Waals surface area contributed by atoms with E-state index in [9.17, 15) is 9.59 Å². The Morgan fingerprint density at radius 1 is 1.36 bits per heavy atom. The highest BCUT2D eigenvalue weighted by molar-refractivity contribution is 5.96. The van der Waals surface area contributed by atoms with Gasteiger partial charge in [0, 0.05) is 26.2 Å². The molecule has 0 radical (unpaired) electrons. The van der Waals surface area contributed by atoms with Crippen molar-refractivity contribution in [2.24, 2.45) is 5.92 Å². The molecule has 1 N–H and O–H groups in total. The van der Waals surface area contributed by atoms with Crippen molar-refractivity contribution in [3.05, 3.63) is 48.3 Å². The summed E-state index contributed by atoms with van der Waals surface area (Å²) < 4.78 is 1.77. The maximum Gasteiger partial charge on any atom is 0.229 e. The van der Waals surface area contributed by atoms with Gasteiger partial charge >= 0.3 is 0 Å². The van der Waals surface area contributed by atoms with Crippen molar-refractivity contribution in [1.82, 2.24) is 14.7 Å². The van der Waals surface area contributed by atoms with Gasteiger partial charge in [0.15, 0.2) is 0 Å². The fourth-order valence-corrected chi connectivity index (χ4v) is 2.57. The average molecular weight is 298 g/mol. The lowest BCUT2D eigenvalue weighted by Crippen LogP contribution is -2.25. The lowest BCUT2D eigenvalue weighted by atomic mass is 10.1. The lowest BCUT2D eigenvalue weighted by Gasteiger charge is -2.09. The largest absolute Gasteiger partial charge is 0.345 e. The first-order chi connectivity index (χ1) is 10.6. The Balaban J connectivity index is 1.60. The summed E-state index contributed by atoms with van der Waals surface area (Å²) in [6, 6.07) is 9.99. The Labute approximate surface area is 128 Å². The fourth-order valence-electron chi connectivity index (χ4n) is 2.57. The van der Waals surface area contributed by atoms with Crippen molar-refractivity contribution in [1.29, 1.82) is 0 Å². The topological polar surface area (TPSA) is 67.2 Å². The van der Waals surface area contributed by atoms with Crippen molar-refractivity contribution in [3.63, 3.8) is 0 Å². The number of hydrogen-bond donors (Lipinski definition) is 1. The second-order valence-electron chi connectivity index (χ2n) is 5.58. The summed E-state index contributed by atoms with van der Waals surface area (Å²) in [6.07, 6.45) is 3.70. The number of nitrogens with zero attached hydrogens (tertiary/aromatic N) is 3. The minimum absolute atomic E-state index is 0.0138. The molecule has 3 rings (SSSR count). The van der Waals surface area contributed by atoms with E-state index in [0.29, 0.717) is 18.8 Å². The molecule has 0 spiro atoms. The first kappa shape index (κ1) is 14.3. The molecule has 1 atom stereocenters. The van der Waals surface area contributed by atoms with Crippen molar-refractivity contribution in [2.45, 2.75) is 13.0 Å². The van der Waals surface area contributed by atoms with Crippen LogP contribution in [0, 0.1) is 5.92 Å². The number of amides is 2. The molecule has 2 heterocycles. The molecule has 1 aromatic heterocycles. The SMILES string of the molecule is CN1C[C@H](C(=O)Nc2cnn(Cc3ccccc3)c2)CC1=O. The molecule has 1 aliphatic rings. The fraction of sp³-hybridized carbons (Fsp3) is 0.312. The van der Waals surface area contributed by atoms with Crippen LogP contribution in [0.3, 0.4) is 0 Å². The molecular weight excluding hydrogens is 280 g/mol. The zero-order chi connectivity index (χ0) is 15.5. The first-order valence-corrected chi connectivity index (χ1v) is 7.23. The number of carbonyl (C=O) groups excluding carboxylic acids is 2. The van der Waals surface area contributed by atoms with Gasteiger partial charge in [0.1, 0.15) is 0 Å². The van der Waals surface area contributed by atoms with E-state index in [1.807, 2.05) is 30.3 Å². The molecule has 0 unspecified atom stereocenters. The number of nitrogens with one attached hydrogen (secondary N) is 1. The van der Waals surface area contributed by atoms with Crippen LogP contribution in [0.15, 0.2) is 42.7 Å². The summed E-state index contributed by atoms with van der Waals surface area (Å²) in [6.45, 7) is 1.13. The lowest BCUT2D eigenvalue weighted by molar-refractivity contribution is -0.127. The quantitative estimate of drug-likeness (QED) is 0.926. The number of anilines is 1. The molecule has 1 aliphatic heterocycles. The van der Waals surface area contributed by atoms with Gasteiger partial charge in [0.25, 0.3) is 0 Å². The molecule has 6 nitrogen and oxygen atoms in total. The van der Waals surface area contributed by atoms with Crippen LogP contribution in [0.1, 0.15) is 12.0 Å². The van der Waals surface area contributed by atoms with Crippen LogP contribution in [0.5, 0.6) is 0 Å². The molecule has 0 saturated carbocycles. The number of carbonyl (C=O) groups is 2. The molecular formula is C16H18N4O2. The van der Waals surface area contributed by atoms with Gasteiger partial charge in [0.2, 0.25) is 11.8 Å². The van der Waals surface area contributed by atoms with Crippen molar-refractivity contribution < 1.29 is 9.59 Å². The summed E-state index contributed by atoms with van der Waals surface area (Å²) in [7, 11) is 1.72. The minimum atomic E-state index is -0.282. The van der Waals surface area contributed by atoms with Crippen LogP contribution >= 0.6 is 0 Å². The van der Waals surface area contributed by atoms with Gasteiger partial charge in [-0.2, -0.15) is 5.10 Å². The van der Waals surface area contributed by atoms with Gasteiger partial charge in [-0.1, -0.05) is 30.3 Å². The third-order valence-corrected chi connectivity index (χ3v) is 3.80. The second-order valence-corrected chi connectivity index (χ2v) is 5.58. The smallest absolute Gasteiger partial charge is 0.229 e. The van der Waals surface area contributed by atoms with E-state index < -0.39 is 0 Å². The van der Waals surface area contributed by atoms with Gasteiger partial charge in [-0.3, -0.25) is 14.3 Å². The predicted octanol–water partition coefficient (Wildman–Crippen LogP) is 1.35. The third-order valence-electron chi connectivity index (χ3n) is 3.80. The van der Waals surface area contributed by atoms with Gasteiger partial charge in [-0.25, -0.2) is 0 Å². The Bertz CT molecular complexity index is 680. The zero-order valence-electron chi connectivity index (χ0n) is 12.4. The maximum absolute atomic E-state index is 12.1. The molecule has 22 heavy (non-hydrogen) atoms. The molecule has 114 valence electrons. The van der Waals surface area contributed by atoms with E-state index in [2.05, 4.69) is 10.4 Å². The summed E-state index contributed by atoms with van der Waals surface area (Å²) in [5, 5.41) is 7.08. The summed E-state index contributed by atoms with van der Waals surface area (Å²) >= 11 is 0. The van der Waals surface area contributed by atoms with Crippen molar-refractivity contribution in [3.8, 4) is 0 Å². The zero-order valence-corrected chi connectivity index (χ0v) is 12.4. The Kier molecular flexibility index (Phi) is 3.91. The number of hydrogen-bond acceptors (Lipinski definition) is 3. The highest BCUT2D eigenvalue weighted by Gasteiger charge is 2.32. The highest BCUT2D eigenvalue weighted by atomic mass is 16.2. The standard InChI is InChI=1S/C16H18N4O2/c1-19-10-13(7-15(19)21)16(22)18-14-8-17-20(11-14)9-12-5-3-2-4-6-12/h2-6,8,11,13H,7,9-10H2,1H3,(H,18,22)/t13-/m1/s1. The Hall–Kier alpha value is -2.63. The molecule has 0 aliphatic carbocycles. The summed E-state index contributed by atoms with van der Waals surface area (Å²) in [5.74, 6) is -0.396. The molecule has 0 bridgehead atoms. The van der Waals surface area contributed by atoms with Crippen LogP contribution in [0.25, 0.3) is 0 Å². The summed E-state index contributed by atoms with van der Waals surface area (Å²) in [5.41, 5.74) is 1.80. The number of benzene rings is 1. The van der Waals surface area contributed by atoms with Crippen LogP contribution in [-0.2, 0) is 16.1 Å². The second kappa shape index (κ2) is 6.01. The van der Waals surface area contributed by atoms with E-state index in [-0.39, 0.29) is 24.2 Å². The van der Waals surface area contributed by atoms with Gasteiger partial charge in [0.05, 0.1) is 24.3 Å². The van der Waals surface area contributed by atoms with E-state index in [4.69, 9.17) is 0 Å². The predicted molar refractivity (Wildman–Crippen MR) is 82.1 cm³/mol. The van der Waals surface area contributed by atoms with Crippen LogP contribution < -0.4 is 5.32 Å². The van der Waals surface area contributed by atoms with Gasteiger partial charge in [-0.15, -0.1) is 0 Å². The van der Waals surface area contributed by atoms with Crippen LogP contribution in [0.4, 0.5) is 5.69 Å². The van der Waals surface area contributed by atoms with E-state index in [1.54, 1.807) is 29.0 Å². The Morgan fingerprint density at radius 2 is 2.14 bits per heavy atom. The first-order valence-electron chi connectivity index (χ1n) is 7.23. The van der Waals surface area contributed by atoms with Crippen molar-refractivity contribution >= 4 is 17.5 Å². The van der Waals surface area contributed by atoms with Gasteiger partial charge < -0.3 is 10.2 Å².